The first-order valence-electron chi connectivity index (χ1n) is 9.14. The third-order valence-electron chi connectivity index (χ3n) is 4.24. The molecule has 0 saturated carbocycles. The normalized spacial score (nSPS) is 13.7. The Morgan fingerprint density at radius 2 is 2.04 bits per heavy atom. The van der Waals surface area contributed by atoms with E-state index in [4.69, 9.17) is 9.47 Å². The maximum atomic E-state index is 5.74. The average Bonchev–Trinajstić information content (AvgIpc) is 3.17. The van der Waals surface area contributed by atoms with Crippen molar-refractivity contribution >= 4 is 11.6 Å². The van der Waals surface area contributed by atoms with E-state index in [0.29, 0.717) is 25.7 Å². The molecule has 3 heterocycles. The summed E-state index contributed by atoms with van der Waals surface area (Å²) in [5.74, 6) is 2.95. The van der Waals surface area contributed by atoms with Crippen LogP contribution in [0.5, 0.6) is 11.5 Å². The Labute approximate surface area is 163 Å². The van der Waals surface area contributed by atoms with Gasteiger partial charge in [0.15, 0.2) is 23.3 Å². The lowest BCUT2D eigenvalue weighted by Gasteiger charge is -2.14. The van der Waals surface area contributed by atoms with Crippen molar-refractivity contribution in [3.05, 3.63) is 60.6 Å². The van der Waals surface area contributed by atoms with Gasteiger partial charge in [0.05, 0.1) is 13.2 Å². The third-order valence-corrected chi connectivity index (χ3v) is 4.24. The topological polar surface area (TPSA) is 85.6 Å². The highest BCUT2D eigenvalue weighted by Crippen LogP contribution is 2.32. The fourth-order valence-electron chi connectivity index (χ4n) is 2.84. The summed E-state index contributed by atoms with van der Waals surface area (Å²) >= 11 is 0. The Balaban J connectivity index is 1.40. The molecule has 0 saturated heterocycles. The predicted molar refractivity (Wildman–Crippen MR) is 107 cm³/mol. The van der Waals surface area contributed by atoms with E-state index in [0.717, 1.165) is 35.0 Å². The van der Waals surface area contributed by atoms with Gasteiger partial charge < -0.3 is 20.1 Å². The summed E-state index contributed by atoms with van der Waals surface area (Å²) in [5.41, 5.74) is 1.95. The second kappa shape index (κ2) is 8.43. The highest BCUT2D eigenvalue weighted by Gasteiger charge is 2.11. The number of pyridine rings is 1. The molecule has 0 unspecified atom stereocenters. The van der Waals surface area contributed by atoms with Crippen LogP contribution in [-0.2, 0) is 6.54 Å². The van der Waals surface area contributed by atoms with Gasteiger partial charge in [-0.05, 0) is 35.9 Å². The van der Waals surface area contributed by atoms with Crippen molar-refractivity contribution in [1.29, 1.82) is 0 Å². The zero-order valence-electron chi connectivity index (χ0n) is 15.6. The maximum absolute atomic E-state index is 5.74. The van der Waals surface area contributed by atoms with Gasteiger partial charge in [0.1, 0.15) is 0 Å². The number of anilines is 1. The van der Waals surface area contributed by atoms with Gasteiger partial charge in [0.25, 0.3) is 0 Å². The van der Waals surface area contributed by atoms with Crippen LogP contribution in [-0.4, -0.2) is 41.0 Å². The van der Waals surface area contributed by atoms with E-state index in [9.17, 15) is 0 Å². The van der Waals surface area contributed by atoms with E-state index >= 15 is 0 Å². The predicted octanol–water partition coefficient (Wildman–Crippen LogP) is 2.62. The fraction of sp³-hybridized carbons (Fsp3) is 0.250. The number of benzene rings is 1. The van der Waals surface area contributed by atoms with E-state index < -0.39 is 0 Å². The van der Waals surface area contributed by atoms with Gasteiger partial charge in [0, 0.05) is 50.4 Å². The van der Waals surface area contributed by atoms with Crippen molar-refractivity contribution in [2.24, 2.45) is 4.99 Å². The SMILES string of the molecule is CN=C(NCc1ccnc(-n2cccn2)c1)Nc1ccc2c(c1)OCCCO2. The molecular weight excluding hydrogens is 356 g/mol. The Kier molecular flexibility index (Phi) is 5.37. The third kappa shape index (κ3) is 4.22. The van der Waals surface area contributed by atoms with Gasteiger partial charge in [-0.3, -0.25) is 4.99 Å². The van der Waals surface area contributed by atoms with Crippen molar-refractivity contribution in [3.63, 3.8) is 0 Å². The van der Waals surface area contributed by atoms with E-state index in [-0.39, 0.29) is 0 Å². The molecule has 144 valence electrons. The Morgan fingerprint density at radius 3 is 2.86 bits per heavy atom. The van der Waals surface area contributed by atoms with Crippen LogP contribution >= 0.6 is 0 Å². The molecule has 0 spiro atoms. The van der Waals surface area contributed by atoms with Crippen molar-refractivity contribution in [2.75, 3.05) is 25.6 Å². The van der Waals surface area contributed by atoms with Crippen molar-refractivity contribution < 1.29 is 9.47 Å². The van der Waals surface area contributed by atoms with E-state index in [1.165, 1.54) is 0 Å². The van der Waals surface area contributed by atoms with Crippen LogP contribution in [0.2, 0.25) is 0 Å². The van der Waals surface area contributed by atoms with Gasteiger partial charge in [0.2, 0.25) is 0 Å². The minimum atomic E-state index is 0.598. The summed E-state index contributed by atoms with van der Waals surface area (Å²) in [6.45, 7) is 1.93. The van der Waals surface area contributed by atoms with Gasteiger partial charge >= 0.3 is 0 Å². The van der Waals surface area contributed by atoms with E-state index in [2.05, 4.69) is 25.7 Å². The molecule has 8 nitrogen and oxygen atoms in total. The van der Waals surface area contributed by atoms with E-state index in [1.807, 2.05) is 42.6 Å². The number of aliphatic imine (C=N–C) groups is 1. The Hall–Kier alpha value is -3.55. The molecule has 0 fully saturated rings. The molecular formula is C20H22N6O2. The van der Waals surface area contributed by atoms with Crippen LogP contribution in [0.25, 0.3) is 5.82 Å². The molecule has 0 bridgehead atoms. The quantitative estimate of drug-likeness (QED) is 0.536. The van der Waals surface area contributed by atoms with Crippen LogP contribution in [0.4, 0.5) is 5.69 Å². The largest absolute Gasteiger partial charge is 0.490 e. The zero-order chi connectivity index (χ0) is 19.2. The molecule has 0 aliphatic carbocycles. The number of aromatic nitrogens is 3. The standard InChI is InChI=1S/C20H22N6O2/c1-21-20(25-16-4-5-17-18(13-16)28-11-3-10-27-17)23-14-15-6-8-22-19(12-15)26-9-2-7-24-26/h2,4-9,12-13H,3,10-11,14H2,1H3,(H2,21,23,25). The number of hydrogen-bond acceptors (Lipinski definition) is 5. The average molecular weight is 378 g/mol. The monoisotopic (exact) mass is 378 g/mol. The van der Waals surface area contributed by atoms with Gasteiger partial charge in [-0.2, -0.15) is 5.10 Å². The summed E-state index contributed by atoms with van der Waals surface area (Å²) in [7, 11) is 1.74. The molecule has 2 N–H and O–H groups in total. The lowest BCUT2D eigenvalue weighted by molar-refractivity contribution is 0.297. The Bertz CT molecular complexity index is 955. The number of hydrogen-bond donors (Lipinski definition) is 2. The Morgan fingerprint density at radius 1 is 1.14 bits per heavy atom. The van der Waals surface area contributed by atoms with Crippen molar-refractivity contribution in [3.8, 4) is 17.3 Å². The van der Waals surface area contributed by atoms with Crippen LogP contribution in [0, 0.1) is 0 Å². The number of nitrogens with one attached hydrogen (secondary N) is 2. The summed E-state index contributed by atoms with van der Waals surface area (Å²) in [6, 6.07) is 11.6. The number of ether oxygens (including phenoxy) is 2. The van der Waals surface area contributed by atoms with Gasteiger partial charge in [-0.25, -0.2) is 9.67 Å². The van der Waals surface area contributed by atoms with Gasteiger partial charge in [-0.1, -0.05) is 0 Å². The number of nitrogens with zero attached hydrogens (tertiary/aromatic N) is 4. The van der Waals surface area contributed by atoms with Crippen LogP contribution in [0.1, 0.15) is 12.0 Å². The fourth-order valence-corrected chi connectivity index (χ4v) is 2.84. The van der Waals surface area contributed by atoms with Crippen LogP contribution in [0.3, 0.4) is 0 Å². The molecule has 1 aliphatic rings. The molecule has 8 heteroatoms. The molecule has 0 amide bonds. The van der Waals surface area contributed by atoms with E-state index in [1.54, 1.807) is 24.1 Å². The molecule has 28 heavy (non-hydrogen) atoms. The second-order valence-corrected chi connectivity index (χ2v) is 6.24. The maximum Gasteiger partial charge on any atom is 0.195 e. The summed E-state index contributed by atoms with van der Waals surface area (Å²) in [4.78, 5) is 8.64. The summed E-state index contributed by atoms with van der Waals surface area (Å²) in [6.07, 6.45) is 6.25. The lowest BCUT2D eigenvalue weighted by atomic mass is 10.2. The minimum Gasteiger partial charge on any atom is -0.490 e. The first-order valence-corrected chi connectivity index (χ1v) is 9.14. The second-order valence-electron chi connectivity index (χ2n) is 6.24. The number of guanidine groups is 1. The molecule has 0 atom stereocenters. The first-order chi connectivity index (χ1) is 13.8. The number of fused-ring (bicyclic) bond motifs is 1. The summed E-state index contributed by atoms with van der Waals surface area (Å²) in [5, 5.41) is 10.8. The highest BCUT2D eigenvalue weighted by atomic mass is 16.5. The summed E-state index contributed by atoms with van der Waals surface area (Å²) < 4.78 is 13.1. The molecule has 1 aromatic carbocycles. The lowest BCUT2D eigenvalue weighted by Crippen LogP contribution is -2.30. The van der Waals surface area contributed by atoms with Crippen molar-refractivity contribution in [1.82, 2.24) is 20.1 Å². The number of rotatable bonds is 4. The minimum absolute atomic E-state index is 0.598. The van der Waals surface area contributed by atoms with Crippen LogP contribution < -0.4 is 20.1 Å². The van der Waals surface area contributed by atoms with Crippen LogP contribution in [0.15, 0.2) is 60.0 Å². The van der Waals surface area contributed by atoms with Gasteiger partial charge in [-0.15, -0.1) is 0 Å². The molecule has 2 aromatic heterocycles. The zero-order valence-corrected chi connectivity index (χ0v) is 15.6. The molecule has 0 radical (unpaired) electrons. The molecule has 4 rings (SSSR count). The first kappa shape index (κ1) is 17.8. The molecule has 1 aliphatic heterocycles. The van der Waals surface area contributed by atoms with Crippen molar-refractivity contribution in [2.45, 2.75) is 13.0 Å². The smallest absolute Gasteiger partial charge is 0.195 e. The highest BCUT2D eigenvalue weighted by molar-refractivity contribution is 5.93. The molecule has 3 aromatic rings.